The van der Waals surface area contributed by atoms with E-state index < -0.39 is 11.8 Å². The third-order valence-electron chi connectivity index (χ3n) is 5.57. The Labute approximate surface area is 185 Å². The molecule has 4 rings (SSSR count). The van der Waals surface area contributed by atoms with Gasteiger partial charge in [-0.25, -0.2) is 9.18 Å². The third-order valence-corrected chi connectivity index (χ3v) is 5.57. The molecule has 7 nitrogen and oxygen atoms in total. The van der Waals surface area contributed by atoms with Crippen LogP contribution in [0.1, 0.15) is 44.1 Å². The first-order valence-electron chi connectivity index (χ1n) is 10.6. The first-order chi connectivity index (χ1) is 15.5. The quantitative estimate of drug-likeness (QED) is 0.521. The zero-order valence-electron chi connectivity index (χ0n) is 17.8. The standard InChI is InChI=1S/C24H25FN4O3/c1-16(30)32-20-12-8-18(9-13-20)17-6-10-19(11-7-17)26-24(31)29-15-14-23(28-29)27-22-5-3-2-4-21(22)25/h2-7,10-11,14-15,18,20H,8-9,12-13H2,1H3,(H,26,31)(H,27,28). The van der Waals surface area contributed by atoms with Gasteiger partial charge in [0.1, 0.15) is 11.9 Å². The molecule has 0 aliphatic heterocycles. The summed E-state index contributed by atoms with van der Waals surface area (Å²) in [7, 11) is 0. The smallest absolute Gasteiger partial charge is 0.346 e. The maximum Gasteiger partial charge on any atom is 0.346 e. The molecule has 1 amide bonds. The summed E-state index contributed by atoms with van der Waals surface area (Å²) in [5.74, 6) is 0.168. The van der Waals surface area contributed by atoms with Crippen LogP contribution in [-0.2, 0) is 9.53 Å². The minimum absolute atomic E-state index is 0.0224. The van der Waals surface area contributed by atoms with Crippen LogP contribution in [0.15, 0.2) is 60.8 Å². The fourth-order valence-corrected chi connectivity index (χ4v) is 3.97. The summed E-state index contributed by atoms with van der Waals surface area (Å²) >= 11 is 0. The van der Waals surface area contributed by atoms with E-state index in [2.05, 4.69) is 15.7 Å². The lowest BCUT2D eigenvalue weighted by atomic mass is 9.82. The minimum Gasteiger partial charge on any atom is -0.463 e. The van der Waals surface area contributed by atoms with Gasteiger partial charge in [-0.05, 0) is 61.4 Å². The maximum atomic E-state index is 13.8. The van der Waals surface area contributed by atoms with Crippen LogP contribution in [0.5, 0.6) is 0 Å². The number of aromatic nitrogens is 2. The molecule has 0 bridgehead atoms. The molecule has 0 unspecified atom stereocenters. The van der Waals surface area contributed by atoms with Crippen molar-refractivity contribution in [3.05, 3.63) is 72.2 Å². The number of carbonyl (C=O) groups is 2. The van der Waals surface area contributed by atoms with E-state index in [-0.39, 0.29) is 17.8 Å². The van der Waals surface area contributed by atoms with E-state index in [0.29, 0.717) is 17.4 Å². The lowest BCUT2D eigenvalue weighted by Gasteiger charge is -2.28. The van der Waals surface area contributed by atoms with Gasteiger partial charge in [0.15, 0.2) is 5.82 Å². The number of nitrogens with one attached hydrogen (secondary N) is 2. The van der Waals surface area contributed by atoms with E-state index in [1.165, 1.54) is 24.8 Å². The molecule has 1 heterocycles. The summed E-state index contributed by atoms with van der Waals surface area (Å²) in [4.78, 5) is 23.6. The highest BCUT2D eigenvalue weighted by atomic mass is 19.1. The van der Waals surface area contributed by atoms with E-state index in [1.807, 2.05) is 24.3 Å². The van der Waals surface area contributed by atoms with Gasteiger partial charge < -0.3 is 15.4 Å². The van der Waals surface area contributed by atoms with Crippen molar-refractivity contribution in [2.45, 2.75) is 44.6 Å². The van der Waals surface area contributed by atoms with Crippen LogP contribution in [0, 0.1) is 5.82 Å². The van der Waals surface area contributed by atoms with Crippen LogP contribution < -0.4 is 10.6 Å². The largest absolute Gasteiger partial charge is 0.463 e. The lowest BCUT2D eigenvalue weighted by molar-refractivity contribution is -0.147. The third kappa shape index (κ3) is 5.32. The van der Waals surface area contributed by atoms with Crippen molar-refractivity contribution < 1.29 is 18.7 Å². The van der Waals surface area contributed by atoms with Gasteiger partial charge in [0.05, 0.1) is 5.69 Å². The molecule has 0 radical (unpaired) electrons. The first kappa shape index (κ1) is 21.5. The summed E-state index contributed by atoms with van der Waals surface area (Å²) in [5, 5.41) is 9.81. The molecule has 1 fully saturated rings. The summed E-state index contributed by atoms with van der Waals surface area (Å²) in [5.41, 5.74) is 2.15. The Kier molecular flexibility index (Phi) is 6.49. The molecule has 1 aliphatic rings. The van der Waals surface area contributed by atoms with Crippen molar-refractivity contribution in [3.63, 3.8) is 0 Å². The number of anilines is 3. The molecule has 0 spiro atoms. The number of carbonyl (C=O) groups excluding carboxylic acids is 2. The Morgan fingerprint density at radius 1 is 1.03 bits per heavy atom. The highest BCUT2D eigenvalue weighted by Crippen LogP contribution is 2.34. The number of hydrogen-bond acceptors (Lipinski definition) is 5. The molecule has 1 aliphatic carbocycles. The maximum absolute atomic E-state index is 13.8. The number of rotatable bonds is 5. The van der Waals surface area contributed by atoms with Crippen LogP contribution in [0.25, 0.3) is 0 Å². The van der Waals surface area contributed by atoms with E-state index >= 15 is 0 Å². The number of halogens is 1. The fraction of sp³-hybridized carbons (Fsp3) is 0.292. The van der Waals surface area contributed by atoms with Gasteiger partial charge >= 0.3 is 12.0 Å². The molecule has 0 atom stereocenters. The van der Waals surface area contributed by atoms with Crippen LogP contribution in [0.2, 0.25) is 0 Å². The highest BCUT2D eigenvalue weighted by molar-refractivity contribution is 5.90. The molecule has 0 saturated heterocycles. The van der Waals surface area contributed by atoms with Gasteiger partial charge in [0.25, 0.3) is 0 Å². The Hall–Kier alpha value is -3.68. The number of nitrogens with zero attached hydrogens (tertiary/aromatic N) is 2. The van der Waals surface area contributed by atoms with Gasteiger partial charge in [-0.2, -0.15) is 4.68 Å². The van der Waals surface area contributed by atoms with E-state index in [0.717, 1.165) is 30.4 Å². The van der Waals surface area contributed by atoms with Crippen molar-refractivity contribution in [3.8, 4) is 0 Å². The summed E-state index contributed by atoms with van der Waals surface area (Å²) < 4.78 is 20.2. The molecular weight excluding hydrogens is 411 g/mol. The Bertz CT molecular complexity index is 1090. The van der Waals surface area contributed by atoms with Crippen molar-refractivity contribution >= 4 is 29.2 Å². The van der Waals surface area contributed by atoms with Crippen molar-refractivity contribution in [1.82, 2.24) is 9.78 Å². The van der Waals surface area contributed by atoms with Gasteiger partial charge in [-0.15, -0.1) is 5.10 Å². The van der Waals surface area contributed by atoms with Crippen molar-refractivity contribution in [2.24, 2.45) is 0 Å². The summed E-state index contributed by atoms with van der Waals surface area (Å²) in [6.07, 6.45) is 5.20. The SMILES string of the molecule is CC(=O)OC1CCC(c2ccc(NC(=O)n3ccc(Nc4ccccc4F)n3)cc2)CC1. The van der Waals surface area contributed by atoms with Crippen LogP contribution in [-0.4, -0.2) is 27.9 Å². The number of hydrogen-bond donors (Lipinski definition) is 2. The Morgan fingerprint density at radius 3 is 2.44 bits per heavy atom. The highest BCUT2D eigenvalue weighted by Gasteiger charge is 2.24. The van der Waals surface area contributed by atoms with Crippen LogP contribution in [0.3, 0.4) is 0 Å². The number of amides is 1. The van der Waals surface area contributed by atoms with Crippen molar-refractivity contribution in [1.29, 1.82) is 0 Å². The monoisotopic (exact) mass is 436 g/mol. The molecule has 32 heavy (non-hydrogen) atoms. The van der Waals surface area contributed by atoms with Gasteiger partial charge in [-0.3, -0.25) is 4.79 Å². The van der Waals surface area contributed by atoms with Gasteiger partial charge in [0, 0.05) is 24.9 Å². The molecule has 166 valence electrons. The van der Waals surface area contributed by atoms with Crippen LogP contribution >= 0.6 is 0 Å². The molecule has 2 N–H and O–H groups in total. The van der Waals surface area contributed by atoms with E-state index in [1.54, 1.807) is 24.3 Å². The Morgan fingerprint density at radius 2 is 1.75 bits per heavy atom. The van der Waals surface area contributed by atoms with Crippen LogP contribution in [0.4, 0.5) is 26.4 Å². The topological polar surface area (TPSA) is 85.2 Å². The zero-order valence-corrected chi connectivity index (χ0v) is 17.8. The Balaban J connectivity index is 1.32. The summed E-state index contributed by atoms with van der Waals surface area (Å²) in [6, 6.07) is 15.2. The lowest BCUT2D eigenvalue weighted by Crippen LogP contribution is -2.22. The second-order valence-electron chi connectivity index (χ2n) is 7.89. The molecule has 8 heteroatoms. The minimum atomic E-state index is -0.416. The van der Waals surface area contributed by atoms with Crippen molar-refractivity contribution in [2.75, 3.05) is 10.6 Å². The molecule has 3 aromatic rings. The second kappa shape index (κ2) is 9.64. The number of benzene rings is 2. The normalized spacial score (nSPS) is 18.1. The molecule has 2 aromatic carbocycles. The summed E-state index contributed by atoms with van der Waals surface area (Å²) in [6.45, 7) is 1.45. The van der Waals surface area contributed by atoms with E-state index in [4.69, 9.17) is 4.74 Å². The van der Waals surface area contributed by atoms with Gasteiger partial charge in [0.2, 0.25) is 0 Å². The average molecular weight is 436 g/mol. The number of ether oxygens (including phenoxy) is 1. The zero-order chi connectivity index (χ0) is 22.5. The fourth-order valence-electron chi connectivity index (χ4n) is 3.97. The van der Waals surface area contributed by atoms with E-state index in [9.17, 15) is 14.0 Å². The molecule has 1 aromatic heterocycles. The predicted octanol–water partition coefficient (Wildman–Crippen LogP) is 5.44. The average Bonchev–Trinajstić information content (AvgIpc) is 3.25. The molecule has 1 saturated carbocycles. The number of para-hydroxylation sites is 1. The van der Waals surface area contributed by atoms with Gasteiger partial charge in [-0.1, -0.05) is 24.3 Å². The predicted molar refractivity (Wildman–Crippen MR) is 120 cm³/mol. The first-order valence-corrected chi connectivity index (χ1v) is 10.6. The number of esters is 1. The second-order valence-corrected chi connectivity index (χ2v) is 7.89. The molecular formula is C24H25FN4O3.